The molecule has 0 amide bonds. The number of aryl methyl sites for hydroxylation is 2. The van der Waals surface area contributed by atoms with Crippen LogP contribution in [0.4, 0.5) is 4.39 Å². The normalized spacial score (nSPS) is 11.3. The Morgan fingerprint density at radius 1 is 1.07 bits per heavy atom. The molecule has 0 saturated carbocycles. The van der Waals surface area contributed by atoms with Gasteiger partial charge in [-0.1, -0.05) is 12.1 Å². The summed E-state index contributed by atoms with van der Waals surface area (Å²) in [6.45, 7) is 5.78. The van der Waals surface area contributed by atoms with E-state index in [2.05, 4.69) is 6.07 Å². The van der Waals surface area contributed by atoms with Gasteiger partial charge in [0.1, 0.15) is 5.82 Å². The van der Waals surface area contributed by atoms with Crippen LogP contribution >= 0.6 is 0 Å². The summed E-state index contributed by atoms with van der Waals surface area (Å²) in [5.74, 6) is -1.31. The van der Waals surface area contributed by atoms with Gasteiger partial charge in [0.25, 0.3) is 0 Å². The third kappa shape index (κ3) is 3.58. The molecule has 28 heavy (non-hydrogen) atoms. The van der Waals surface area contributed by atoms with Crippen LogP contribution in [0, 0.1) is 37.9 Å². The minimum absolute atomic E-state index is 0.243. The fourth-order valence-corrected chi connectivity index (χ4v) is 3.31. The van der Waals surface area contributed by atoms with Crippen LogP contribution in [0.1, 0.15) is 38.4 Å². The first-order chi connectivity index (χ1) is 13.3. The van der Waals surface area contributed by atoms with E-state index in [9.17, 15) is 14.4 Å². The molecule has 1 heterocycles. The zero-order valence-corrected chi connectivity index (χ0v) is 15.8. The van der Waals surface area contributed by atoms with Crippen LogP contribution in [0.15, 0.2) is 48.5 Å². The van der Waals surface area contributed by atoms with E-state index in [1.165, 1.54) is 12.1 Å². The van der Waals surface area contributed by atoms with E-state index in [4.69, 9.17) is 5.11 Å². The van der Waals surface area contributed by atoms with Crippen molar-refractivity contribution in [1.29, 1.82) is 5.26 Å². The molecular formula is C23H19FN2O2. The Morgan fingerprint density at radius 2 is 1.71 bits per heavy atom. The van der Waals surface area contributed by atoms with Crippen molar-refractivity contribution in [2.24, 2.45) is 0 Å². The standard InChI is InChI=1S/C23H19FN2O2/c1-14-10-18(23(27)28)6-9-22(14)26-15(2)11-19(16(26)3)12-20(13-25)17-4-7-21(24)8-5-17/h4-12H,1-3H3,(H,27,28)/b20-12-. The van der Waals surface area contributed by atoms with Crippen molar-refractivity contribution >= 4 is 17.6 Å². The molecule has 0 saturated heterocycles. The molecular weight excluding hydrogens is 355 g/mol. The molecule has 0 spiro atoms. The van der Waals surface area contributed by atoms with Gasteiger partial charge < -0.3 is 9.67 Å². The number of hydrogen-bond donors (Lipinski definition) is 1. The monoisotopic (exact) mass is 374 g/mol. The third-order valence-electron chi connectivity index (χ3n) is 4.73. The third-order valence-corrected chi connectivity index (χ3v) is 4.73. The largest absolute Gasteiger partial charge is 0.478 e. The summed E-state index contributed by atoms with van der Waals surface area (Å²) in [7, 11) is 0. The van der Waals surface area contributed by atoms with Crippen molar-refractivity contribution in [3.63, 3.8) is 0 Å². The van der Waals surface area contributed by atoms with Gasteiger partial charge in [-0.15, -0.1) is 0 Å². The number of halogens is 1. The Morgan fingerprint density at radius 3 is 2.29 bits per heavy atom. The number of allylic oxidation sites excluding steroid dienone is 1. The Hall–Kier alpha value is -3.65. The number of benzene rings is 2. The molecule has 0 radical (unpaired) electrons. The van der Waals surface area contributed by atoms with E-state index in [1.807, 2.05) is 31.4 Å². The number of hydrogen-bond acceptors (Lipinski definition) is 2. The molecule has 140 valence electrons. The zero-order chi connectivity index (χ0) is 20.4. The molecule has 0 aliphatic carbocycles. The molecule has 0 unspecified atom stereocenters. The number of aromatic nitrogens is 1. The molecule has 0 aliphatic heterocycles. The maximum atomic E-state index is 13.2. The lowest BCUT2D eigenvalue weighted by Crippen LogP contribution is -2.04. The lowest BCUT2D eigenvalue weighted by molar-refractivity contribution is 0.0697. The highest BCUT2D eigenvalue weighted by Crippen LogP contribution is 2.27. The summed E-state index contributed by atoms with van der Waals surface area (Å²) in [4.78, 5) is 11.2. The summed E-state index contributed by atoms with van der Waals surface area (Å²) >= 11 is 0. The van der Waals surface area contributed by atoms with Crippen LogP contribution in [-0.2, 0) is 0 Å². The smallest absolute Gasteiger partial charge is 0.335 e. The number of aromatic carboxylic acids is 1. The van der Waals surface area contributed by atoms with E-state index in [-0.39, 0.29) is 11.4 Å². The highest BCUT2D eigenvalue weighted by molar-refractivity contribution is 5.90. The summed E-state index contributed by atoms with van der Waals surface area (Å²) in [6.07, 6.45) is 1.78. The van der Waals surface area contributed by atoms with Crippen molar-refractivity contribution in [2.45, 2.75) is 20.8 Å². The van der Waals surface area contributed by atoms with Crippen LogP contribution in [0.2, 0.25) is 0 Å². The average Bonchev–Trinajstić information content (AvgIpc) is 2.94. The van der Waals surface area contributed by atoms with E-state index >= 15 is 0 Å². The van der Waals surface area contributed by atoms with Crippen molar-refractivity contribution < 1.29 is 14.3 Å². The van der Waals surface area contributed by atoms with Gasteiger partial charge in [-0.05, 0) is 79.9 Å². The second kappa shape index (κ2) is 7.53. The summed E-state index contributed by atoms with van der Waals surface area (Å²) in [6, 6.07) is 15.0. The lowest BCUT2D eigenvalue weighted by Gasteiger charge is -2.13. The number of rotatable bonds is 4. The average molecular weight is 374 g/mol. The molecule has 0 atom stereocenters. The second-order valence-corrected chi connectivity index (χ2v) is 6.65. The number of carboxylic acids is 1. The highest BCUT2D eigenvalue weighted by atomic mass is 19.1. The summed E-state index contributed by atoms with van der Waals surface area (Å²) < 4.78 is 15.2. The van der Waals surface area contributed by atoms with E-state index in [0.29, 0.717) is 11.1 Å². The van der Waals surface area contributed by atoms with Gasteiger partial charge in [0.15, 0.2) is 0 Å². The van der Waals surface area contributed by atoms with Gasteiger partial charge >= 0.3 is 5.97 Å². The van der Waals surface area contributed by atoms with Crippen molar-refractivity contribution in [1.82, 2.24) is 4.57 Å². The fourth-order valence-electron chi connectivity index (χ4n) is 3.31. The molecule has 0 bridgehead atoms. The molecule has 3 rings (SSSR count). The first-order valence-electron chi connectivity index (χ1n) is 8.73. The van der Waals surface area contributed by atoms with Crippen molar-refractivity contribution in [3.8, 4) is 11.8 Å². The number of nitriles is 1. The first-order valence-corrected chi connectivity index (χ1v) is 8.73. The van der Waals surface area contributed by atoms with E-state index in [1.54, 1.807) is 36.4 Å². The molecule has 0 aliphatic rings. The lowest BCUT2D eigenvalue weighted by atomic mass is 10.0. The van der Waals surface area contributed by atoms with Gasteiger partial charge in [0, 0.05) is 17.1 Å². The SMILES string of the molecule is Cc1cc(C(=O)O)ccc1-n1c(C)cc(/C=C(/C#N)c2ccc(F)cc2)c1C. The topological polar surface area (TPSA) is 66.0 Å². The molecule has 5 heteroatoms. The minimum Gasteiger partial charge on any atom is -0.478 e. The molecule has 1 N–H and O–H groups in total. The van der Waals surface area contributed by atoms with E-state index in [0.717, 1.165) is 28.2 Å². The van der Waals surface area contributed by atoms with Crippen molar-refractivity contribution in [3.05, 3.63) is 88.0 Å². The molecule has 4 nitrogen and oxygen atoms in total. The number of carboxylic acid groups (broad SMARTS) is 1. The number of nitrogens with zero attached hydrogens (tertiary/aromatic N) is 2. The van der Waals surface area contributed by atoms with Crippen LogP contribution in [0.5, 0.6) is 0 Å². The summed E-state index contributed by atoms with van der Waals surface area (Å²) in [5, 5.41) is 18.7. The Bertz CT molecular complexity index is 1130. The van der Waals surface area contributed by atoms with Crippen LogP contribution in [-0.4, -0.2) is 15.6 Å². The van der Waals surface area contributed by atoms with Gasteiger partial charge in [-0.3, -0.25) is 0 Å². The highest BCUT2D eigenvalue weighted by Gasteiger charge is 2.14. The van der Waals surface area contributed by atoms with Crippen LogP contribution in [0.25, 0.3) is 17.3 Å². The molecule has 3 aromatic rings. The zero-order valence-electron chi connectivity index (χ0n) is 15.8. The van der Waals surface area contributed by atoms with Crippen LogP contribution < -0.4 is 0 Å². The fraction of sp³-hybridized carbons (Fsp3) is 0.130. The van der Waals surface area contributed by atoms with Crippen LogP contribution in [0.3, 0.4) is 0 Å². The predicted molar refractivity (Wildman–Crippen MR) is 107 cm³/mol. The second-order valence-electron chi connectivity index (χ2n) is 6.65. The van der Waals surface area contributed by atoms with Crippen molar-refractivity contribution in [2.75, 3.05) is 0 Å². The molecule has 2 aromatic carbocycles. The van der Waals surface area contributed by atoms with Gasteiger partial charge in [0.2, 0.25) is 0 Å². The van der Waals surface area contributed by atoms with E-state index < -0.39 is 5.97 Å². The first kappa shape index (κ1) is 19.1. The Labute approximate surface area is 162 Å². The Balaban J connectivity index is 2.08. The maximum absolute atomic E-state index is 13.2. The predicted octanol–water partition coefficient (Wildman–Crippen LogP) is 5.30. The molecule has 1 aromatic heterocycles. The maximum Gasteiger partial charge on any atom is 0.335 e. The Kier molecular flexibility index (Phi) is 5.14. The molecule has 0 fully saturated rings. The van der Waals surface area contributed by atoms with Gasteiger partial charge in [-0.2, -0.15) is 5.26 Å². The van der Waals surface area contributed by atoms with Gasteiger partial charge in [-0.25, -0.2) is 9.18 Å². The summed E-state index contributed by atoms with van der Waals surface area (Å²) in [5.41, 5.74) is 5.84. The van der Waals surface area contributed by atoms with Gasteiger partial charge in [0.05, 0.1) is 17.2 Å². The quantitative estimate of drug-likeness (QED) is 0.630. The number of carbonyl (C=O) groups is 1. The minimum atomic E-state index is -0.961.